The number of aromatic nitrogens is 4. The number of fused-ring (bicyclic) bond motifs is 1. The van der Waals surface area contributed by atoms with Crippen molar-refractivity contribution in [2.75, 3.05) is 19.7 Å². The lowest BCUT2D eigenvalue weighted by Gasteiger charge is -2.28. The van der Waals surface area contributed by atoms with Gasteiger partial charge in [0.05, 0.1) is 31.5 Å². The number of ether oxygens (including phenoxy) is 1. The lowest BCUT2D eigenvalue weighted by Crippen LogP contribution is -2.36. The molecule has 1 aliphatic carbocycles. The molecule has 0 aromatic carbocycles. The molecule has 0 spiro atoms. The van der Waals surface area contributed by atoms with Crippen molar-refractivity contribution in [2.45, 2.75) is 24.3 Å². The zero-order valence-corrected chi connectivity index (χ0v) is 14.2. The molecule has 8 nitrogen and oxygen atoms in total. The number of hydrogen-bond donors (Lipinski definition) is 1. The van der Waals surface area contributed by atoms with Gasteiger partial charge >= 0.3 is 6.01 Å². The van der Waals surface area contributed by atoms with Crippen LogP contribution in [0.4, 0.5) is 4.39 Å². The Labute approximate surface area is 144 Å². The largest absolute Gasteiger partial charge is 0.463 e. The quantitative estimate of drug-likeness (QED) is 0.852. The van der Waals surface area contributed by atoms with Gasteiger partial charge in [-0.1, -0.05) is 6.42 Å². The van der Waals surface area contributed by atoms with Gasteiger partial charge in [0, 0.05) is 18.5 Å². The van der Waals surface area contributed by atoms with E-state index in [1.165, 1.54) is 16.8 Å². The molecule has 0 bridgehead atoms. The number of hydrogen-bond acceptors (Lipinski definition) is 6. The highest BCUT2D eigenvalue weighted by molar-refractivity contribution is 7.89. The number of nitrogens with zero attached hydrogens (tertiary/aromatic N) is 4. The van der Waals surface area contributed by atoms with Crippen molar-refractivity contribution in [2.24, 2.45) is 11.3 Å². The fourth-order valence-electron chi connectivity index (χ4n) is 3.89. The molecule has 2 fully saturated rings. The molecule has 2 unspecified atom stereocenters. The molecular formula is C15H18FN5O3S. The Morgan fingerprint density at radius 1 is 1.36 bits per heavy atom. The van der Waals surface area contributed by atoms with E-state index in [1.807, 2.05) is 0 Å². The van der Waals surface area contributed by atoms with Gasteiger partial charge in [-0.3, -0.25) is 0 Å². The Balaban J connectivity index is 1.51. The first kappa shape index (κ1) is 16.4. The normalized spacial score (nSPS) is 26.7. The third kappa shape index (κ3) is 2.89. The number of rotatable bonds is 5. The Morgan fingerprint density at radius 2 is 2.16 bits per heavy atom. The molecule has 10 heteroatoms. The van der Waals surface area contributed by atoms with Crippen LogP contribution in [0, 0.1) is 17.2 Å². The molecule has 1 saturated heterocycles. The van der Waals surface area contributed by atoms with Crippen molar-refractivity contribution in [3.05, 3.63) is 30.7 Å². The predicted molar refractivity (Wildman–Crippen MR) is 84.6 cm³/mol. The van der Waals surface area contributed by atoms with Crippen LogP contribution in [0.15, 0.2) is 29.9 Å². The summed E-state index contributed by atoms with van der Waals surface area (Å²) in [5, 5.41) is 0.102. The molecule has 3 heterocycles. The van der Waals surface area contributed by atoms with Crippen LogP contribution in [0.3, 0.4) is 0 Å². The molecule has 1 aliphatic heterocycles. The number of aromatic amines is 1. The molecule has 2 atom stereocenters. The van der Waals surface area contributed by atoms with Crippen LogP contribution in [-0.2, 0) is 10.0 Å². The van der Waals surface area contributed by atoms with E-state index < -0.39 is 15.8 Å². The van der Waals surface area contributed by atoms with Gasteiger partial charge in [-0.2, -0.15) is 4.31 Å². The zero-order chi connectivity index (χ0) is 17.5. The first-order valence-corrected chi connectivity index (χ1v) is 9.52. The Kier molecular flexibility index (Phi) is 3.95. The summed E-state index contributed by atoms with van der Waals surface area (Å²) in [7, 11) is -3.59. The maximum atomic E-state index is 12.9. The van der Waals surface area contributed by atoms with E-state index in [1.54, 1.807) is 0 Å². The van der Waals surface area contributed by atoms with Crippen molar-refractivity contribution in [1.82, 2.24) is 24.2 Å². The summed E-state index contributed by atoms with van der Waals surface area (Å²) < 4.78 is 45.5. The molecule has 0 radical (unpaired) electrons. The molecule has 0 amide bonds. The average Bonchev–Trinajstić information content (AvgIpc) is 3.30. The summed E-state index contributed by atoms with van der Waals surface area (Å²) >= 11 is 0. The van der Waals surface area contributed by atoms with Crippen LogP contribution in [0.5, 0.6) is 6.01 Å². The highest BCUT2D eigenvalue weighted by Gasteiger charge is 2.53. The summed E-state index contributed by atoms with van der Waals surface area (Å²) in [6.07, 6.45) is 7.66. The van der Waals surface area contributed by atoms with Gasteiger partial charge in [-0.25, -0.2) is 27.8 Å². The van der Waals surface area contributed by atoms with Gasteiger partial charge in [-0.05, 0) is 18.8 Å². The van der Waals surface area contributed by atoms with Crippen molar-refractivity contribution < 1.29 is 17.5 Å². The minimum Gasteiger partial charge on any atom is -0.463 e. The third-order valence-electron chi connectivity index (χ3n) is 5.18. The van der Waals surface area contributed by atoms with E-state index in [2.05, 4.69) is 19.9 Å². The van der Waals surface area contributed by atoms with Gasteiger partial charge in [0.1, 0.15) is 0 Å². The fraction of sp³-hybridized carbons (Fsp3) is 0.533. The first-order chi connectivity index (χ1) is 12.0. The average molecular weight is 367 g/mol. The van der Waals surface area contributed by atoms with E-state index in [4.69, 9.17) is 4.74 Å². The van der Waals surface area contributed by atoms with Gasteiger partial charge in [-0.15, -0.1) is 0 Å². The lowest BCUT2D eigenvalue weighted by atomic mass is 9.82. The van der Waals surface area contributed by atoms with Crippen LogP contribution < -0.4 is 4.74 Å². The Bertz CT molecular complexity index is 843. The highest BCUT2D eigenvalue weighted by Crippen LogP contribution is 2.49. The standard InChI is InChI=1S/C15H18FN5O3S/c16-12-4-18-14(19-5-12)24-9-15-3-1-2-11(15)7-21(8-15)25(22,23)13-6-17-10-20-13/h4-6,10-11H,1-3,7-9H2,(H,17,20). The maximum absolute atomic E-state index is 12.9. The second-order valence-electron chi connectivity index (χ2n) is 6.64. The summed E-state index contributed by atoms with van der Waals surface area (Å²) in [5.74, 6) is -0.299. The van der Waals surface area contributed by atoms with E-state index in [0.29, 0.717) is 19.7 Å². The molecule has 1 saturated carbocycles. The molecular weight excluding hydrogens is 349 g/mol. The number of sulfonamides is 1. The van der Waals surface area contributed by atoms with Crippen LogP contribution in [0.25, 0.3) is 0 Å². The second-order valence-corrected chi connectivity index (χ2v) is 8.54. The van der Waals surface area contributed by atoms with Gasteiger partial charge in [0.25, 0.3) is 10.0 Å². The van der Waals surface area contributed by atoms with E-state index in [9.17, 15) is 12.8 Å². The molecule has 25 heavy (non-hydrogen) atoms. The molecule has 1 N–H and O–H groups in total. The Hall–Kier alpha value is -2.07. The second kappa shape index (κ2) is 6.03. The van der Waals surface area contributed by atoms with E-state index >= 15 is 0 Å². The minimum atomic E-state index is -3.59. The van der Waals surface area contributed by atoms with Crippen LogP contribution >= 0.6 is 0 Å². The Morgan fingerprint density at radius 3 is 2.88 bits per heavy atom. The number of H-pyrrole nitrogens is 1. The molecule has 2 aromatic heterocycles. The van der Waals surface area contributed by atoms with Crippen LogP contribution in [0.1, 0.15) is 19.3 Å². The summed E-state index contributed by atoms with van der Waals surface area (Å²) in [6, 6.07) is 0.108. The highest BCUT2D eigenvalue weighted by atomic mass is 32.2. The minimum absolute atomic E-state index is 0.102. The van der Waals surface area contributed by atoms with Crippen molar-refractivity contribution in [3.63, 3.8) is 0 Å². The fourth-order valence-corrected chi connectivity index (χ4v) is 5.37. The summed E-state index contributed by atoms with van der Waals surface area (Å²) in [6.45, 7) is 1.17. The van der Waals surface area contributed by atoms with Crippen LogP contribution in [-0.4, -0.2) is 52.4 Å². The van der Waals surface area contributed by atoms with Gasteiger partial charge < -0.3 is 9.72 Å². The van der Waals surface area contributed by atoms with E-state index in [-0.39, 0.29) is 22.4 Å². The molecule has 4 rings (SSSR count). The molecule has 2 aliphatic rings. The van der Waals surface area contributed by atoms with Crippen molar-refractivity contribution >= 4 is 10.0 Å². The van der Waals surface area contributed by atoms with Crippen LogP contribution in [0.2, 0.25) is 0 Å². The summed E-state index contributed by atoms with van der Waals surface area (Å²) in [4.78, 5) is 14.1. The van der Waals surface area contributed by atoms with Gasteiger partial charge in [0.2, 0.25) is 0 Å². The van der Waals surface area contributed by atoms with Crippen molar-refractivity contribution in [1.29, 1.82) is 0 Å². The number of halogens is 1. The number of imidazole rings is 1. The smallest absolute Gasteiger partial charge is 0.316 e. The van der Waals surface area contributed by atoms with Crippen molar-refractivity contribution in [3.8, 4) is 6.01 Å². The first-order valence-electron chi connectivity index (χ1n) is 8.08. The SMILES string of the molecule is O=S(=O)(c1cnc[nH]1)N1CC2CCCC2(COc2ncc(F)cn2)C1. The predicted octanol–water partition coefficient (Wildman–Crippen LogP) is 1.21. The molecule has 134 valence electrons. The number of nitrogens with one attached hydrogen (secondary N) is 1. The maximum Gasteiger partial charge on any atom is 0.316 e. The molecule has 2 aromatic rings. The lowest BCUT2D eigenvalue weighted by molar-refractivity contribution is 0.125. The summed E-state index contributed by atoms with van der Waals surface area (Å²) in [5.41, 5.74) is -0.259. The monoisotopic (exact) mass is 367 g/mol. The zero-order valence-electron chi connectivity index (χ0n) is 13.4. The topological polar surface area (TPSA) is 101 Å². The third-order valence-corrected chi connectivity index (χ3v) is 6.92. The van der Waals surface area contributed by atoms with Gasteiger partial charge in [0.15, 0.2) is 10.8 Å². The van der Waals surface area contributed by atoms with E-state index in [0.717, 1.165) is 31.7 Å².